The number of anilines is 1. The van der Waals surface area contributed by atoms with Gasteiger partial charge in [-0.15, -0.1) is 11.8 Å². The van der Waals surface area contributed by atoms with E-state index in [0.717, 1.165) is 5.69 Å². The van der Waals surface area contributed by atoms with Gasteiger partial charge in [0.15, 0.2) is 0 Å². The summed E-state index contributed by atoms with van der Waals surface area (Å²) in [6.45, 7) is 2.02. The minimum Gasteiger partial charge on any atom is -0.324 e. The van der Waals surface area contributed by atoms with Gasteiger partial charge in [-0.25, -0.2) is 0 Å². The Morgan fingerprint density at radius 1 is 1.50 bits per heavy atom. The Morgan fingerprint density at radius 2 is 2.33 bits per heavy atom. The molecule has 2 nitrogen and oxygen atoms in total. The molecule has 1 aliphatic heterocycles. The maximum atomic E-state index is 11.0. The minimum absolute atomic E-state index is 0.0955. The molecule has 3 heteroatoms. The zero-order chi connectivity index (χ0) is 8.55. The van der Waals surface area contributed by atoms with Gasteiger partial charge < -0.3 is 5.32 Å². The highest BCUT2D eigenvalue weighted by atomic mass is 32.2. The molecular weight excluding hydrogens is 170 g/mol. The molecular formula is C9H9NOS. The lowest BCUT2D eigenvalue weighted by Crippen LogP contribution is -2.18. The van der Waals surface area contributed by atoms with Gasteiger partial charge in [-0.2, -0.15) is 0 Å². The highest BCUT2D eigenvalue weighted by Gasteiger charge is 2.14. The van der Waals surface area contributed by atoms with E-state index in [-0.39, 0.29) is 5.91 Å². The van der Waals surface area contributed by atoms with E-state index < -0.39 is 0 Å². The van der Waals surface area contributed by atoms with Gasteiger partial charge in [0.25, 0.3) is 0 Å². The molecule has 1 amide bonds. The van der Waals surface area contributed by atoms with E-state index in [1.165, 1.54) is 10.5 Å². The Bertz CT molecular complexity index is 335. The van der Waals surface area contributed by atoms with Crippen LogP contribution in [0, 0.1) is 6.92 Å². The lowest BCUT2D eigenvalue weighted by atomic mass is 10.2. The summed E-state index contributed by atoms with van der Waals surface area (Å²) in [5.41, 5.74) is 2.13. The second kappa shape index (κ2) is 2.83. The SMILES string of the molecule is Cc1ccc2c(c1)NC(=O)CS2. The van der Waals surface area contributed by atoms with Crippen LogP contribution in [0.15, 0.2) is 23.1 Å². The maximum absolute atomic E-state index is 11.0. The molecule has 1 aromatic rings. The number of nitrogens with one attached hydrogen (secondary N) is 1. The molecule has 62 valence electrons. The second-order valence-corrected chi connectivity index (χ2v) is 3.85. The Balaban J connectivity index is 2.44. The average molecular weight is 179 g/mol. The van der Waals surface area contributed by atoms with Crippen molar-refractivity contribution in [1.82, 2.24) is 0 Å². The number of carbonyl (C=O) groups is 1. The van der Waals surface area contributed by atoms with Crippen molar-refractivity contribution in [3.63, 3.8) is 0 Å². The summed E-state index contributed by atoms with van der Waals surface area (Å²) >= 11 is 1.59. The third-order valence-corrected chi connectivity index (χ3v) is 2.84. The quantitative estimate of drug-likeness (QED) is 0.660. The molecule has 0 unspecified atom stereocenters. The van der Waals surface area contributed by atoms with Gasteiger partial charge >= 0.3 is 0 Å². The molecule has 0 radical (unpaired) electrons. The number of benzene rings is 1. The fourth-order valence-corrected chi connectivity index (χ4v) is 1.99. The molecule has 0 fully saturated rings. The van der Waals surface area contributed by atoms with Crippen molar-refractivity contribution in [1.29, 1.82) is 0 Å². The van der Waals surface area contributed by atoms with E-state index in [1.54, 1.807) is 11.8 Å². The van der Waals surface area contributed by atoms with E-state index in [9.17, 15) is 4.79 Å². The van der Waals surface area contributed by atoms with Crippen LogP contribution in [0.4, 0.5) is 5.69 Å². The Morgan fingerprint density at radius 3 is 3.17 bits per heavy atom. The molecule has 0 saturated carbocycles. The fourth-order valence-electron chi connectivity index (χ4n) is 1.20. The van der Waals surface area contributed by atoms with Crippen molar-refractivity contribution in [2.24, 2.45) is 0 Å². The van der Waals surface area contributed by atoms with Crippen LogP contribution in [0.2, 0.25) is 0 Å². The van der Waals surface area contributed by atoms with Crippen LogP contribution in [0.25, 0.3) is 0 Å². The summed E-state index contributed by atoms with van der Waals surface area (Å²) in [7, 11) is 0. The van der Waals surface area contributed by atoms with Crippen molar-refractivity contribution in [3.05, 3.63) is 23.8 Å². The van der Waals surface area contributed by atoms with Crippen LogP contribution in [0.1, 0.15) is 5.56 Å². The first kappa shape index (κ1) is 7.68. The molecule has 1 N–H and O–H groups in total. The molecule has 0 aliphatic carbocycles. The van der Waals surface area contributed by atoms with Crippen LogP contribution in [-0.2, 0) is 4.79 Å². The standard InChI is InChI=1S/C9H9NOS/c1-6-2-3-8-7(4-6)10-9(11)5-12-8/h2-4H,5H2,1H3,(H,10,11). The predicted octanol–water partition coefficient (Wildman–Crippen LogP) is 2.04. The lowest BCUT2D eigenvalue weighted by Gasteiger charge is -2.15. The molecule has 1 aliphatic rings. The molecule has 0 saturated heterocycles. The number of fused-ring (bicyclic) bond motifs is 1. The van der Waals surface area contributed by atoms with Crippen LogP contribution in [0.3, 0.4) is 0 Å². The predicted molar refractivity (Wildman–Crippen MR) is 50.5 cm³/mol. The normalized spacial score (nSPS) is 15.2. The van der Waals surface area contributed by atoms with Gasteiger partial charge in [-0.3, -0.25) is 4.79 Å². The molecule has 1 heterocycles. The largest absolute Gasteiger partial charge is 0.324 e. The number of thioether (sulfide) groups is 1. The Labute approximate surface area is 75.4 Å². The second-order valence-electron chi connectivity index (χ2n) is 2.84. The average Bonchev–Trinajstić information content (AvgIpc) is 2.03. The van der Waals surface area contributed by atoms with Crippen molar-refractivity contribution in [2.45, 2.75) is 11.8 Å². The molecule has 2 rings (SSSR count). The molecule has 0 aromatic heterocycles. The number of amides is 1. The highest BCUT2D eigenvalue weighted by Crippen LogP contribution is 2.31. The molecule has 0 bridgehead atoms. The lowest BCUT2D eigenvalue weighted by molar-refractivity contribution is -0.113. The number of hydrogen-bond donors (Lipinski definition) is 1. The highest BCUT2D eigenvalue weighted by molar-refractivity contribution is 8.00. The summed E-state index contributed by atoms with van der Waals surface area (Å²) in [5, 5.41) is 2.84. The monoisotopic (exact) mass is 179 g/mol. The fraction of sp³-hybridized carbons (Fsp3) is 0.222. The van der Waals surface area contributed by atoms with Gasteiger partial charge in [0.05, 0.1) is 11.4 Å². The zero-order valence-corrected chi connectivity index (χ0v) is 7.57. The summed E-state index contributed by atoms with van der Waals surface area (Å²) in [6.07, 6.45) is 0. The van der Waals surface area contributed by atoms with Crippen LogP contribution in [0.5, 0.6) is 0 Å². The van der Waals surface area contributed by atoms with E-state index >= 15 is 0 Å². The van der Waals surface area contributed by atoms with Crippen molar-refractivity contribution < 1.29 is 4.79 Å². The number of aryl methyl sites for hydroxylation is 1. The zero-order valence-electron chi connectivity index (χ0n) is 6.76. The van der Waals surface area contributed by atoms with Crippen molar-refractivity contribution in [2.75, 3.05) is 11.1 Å². The first-order valence-corrected chi connectivity index (χ1v) is 4.77. The van der Waals surface area contributed by atoms with Gasteiger partial charge in [0.1, 0.15) is 0 Å². The van der Waals surface area contributed by atoms with E-state index in [0.29, 0.717) is 5.75 Å². The van der Waals surface area contributed by atoms with Crippen molar-refractivity contribution in [3.8, 4) is 0 Å². The van der Waals surface area contributed by atoms with Gasteiger partial charge in [0, 0.05) is 4.90 Å². The van der Waals surface area contributed by atoms with E-state index in [1.807, 2.05) is 13.0 Å². The Hall–Kier alpha value is -0.960. The summed E-state index contributed by atoms with van der Waals surface area (Å²) < 4.78 is 0. The maximum Gasteiger partial charge on any atom is 0.234 e. The van der Waals surface area contributed by atoms with Gasteiger partial charge in [-0.05, 0) is 24.6 Å². The van der Waals surface area contributed by atoms with Crippen LogP contribution >= 0.6 is 11.8 Å². The third kappa shape index (κ3) is 1.32. The third-order valence-electron chi connectivity index (χ3n) is 1.77. The van der Waals surface area contributed by atoms with Crippen molar-refractivity contribution >= 4 is 23.4 Å². The summed E-state index contributed by atoms with van der Waals surface area (Å²) in [5.74, 6) is 0.633. The first-order chi connectivity index (χ1) is 5.75. The van der Waals surface area contributed by atoms with E-state index in [2.05, 4.69) is 17.4 Å². The minimum atomic E-state index is 0.0955. The summed E-state index contributed by atoms with van der Waals surface area (Å²) in [4.78, 5) is 12.2. The van der Waals surface area contributed by atoms with Crippen LogP contribution in [-0.4, -0.2) is 11.7 Å². The smallest absolute Gasteiger partial charge is 0.234 e. The van der Waals surface area contributed by atoms with Crippen LogP contribution < -0.4 is 5.32 Å². The van der Waals surface area contributed by atoms with E-state index in [4.69, 9.17) is 0 Å². The molecule has 0 spiro atoms. The number of rotatable bonds is 0. The Kier molecular flexibility index (Phi) is 1.81. The number of carbonyl (C=O) groups excluding carboxylic acids is 1. The molecule has 1 aromatic carbocycles. The molecule has 12 heavy (non-hydrogen) atoms. The first-order valence-electron chi connectivity index (χ1n) is 3.79. The number of hydrogen-bond acceptors (Lipinski definition) is 2. The summed E-state index contributed by atoms with van der Waals surface area (Å²) in [6, 6.07) is 6.11. The van der Waals surface area contributed by atoms with Gasteiger partial charge in [-0.1, -0.05) is 6.07 Å². The van der Waals surface area contributed by atoms with Gasteiger partial charge in [0.2, 0.25) is 5.91 Å². The molecule has 0 atom stereocenters. The topological polar surface area (TPSA) is 29.1 Å².